The number of nitrogens with two attached hydrogens (primary N) is 1. The average molecular weight is 439 g/mol. The number of ketones is 1. The van der Waals surface area contributed by atoms with Crippen molar-refractivity contribution in [3.63, 3.8) is 0 Å². The van der Waals surface area contributed by atoms with Crippen molar-refractivity contribution in [3.8, 4) is 5.75 Å². The lowest BCUT2D eigenvalue weighted by atomic mass is 9.88. The zero-order valence-corrected chi connectivity index (χ0v) is 18.9. The standard InChI is InChI=1S/C24H26N2O4S/c1-15(2)24(3,25)23(29)26(14-19(27)16-9-11-18(30-4)12-10-16)22(28)21-13-17-7-5-6-8-20(17)31-21/h5-13,15H,14,25H2,1-4H3. The molecule has 162 valence electrons. The number of carbonyl (C=O) groups excluding carboxylic acids is 3. The number of nitrogens with zero attached hydrogens (tertiary/aromatic N) is 1. The molecule has 3 rings (SSSR count). The zero-order chi connectivity index (χ0) is 22.8. The Kier molecular flexibility index (Phi) is 6.57. The molecular formula is C24H26N2O4S. The van der Waals surface area contributed by atoms with E-state index < -0.39 is 23.9 Å². The Hall–Kier alpha value is -3.03. The molecule has 0 aliphatic rings. The van der Waals surface area contributed by atoms with Crippen LogP contribution in [0.1, 0.15) is 40.8 Å². The number of fused-ring (bicyclic) bond motifs is 1. The van der Waals surface area contributed by atoms with Crippen molar-refractivity contribution in [1.82, 2.24) is 4.90 Å². The van der Waals surface area contributed by atoms with Crippen LogP contribution in [-0.2, 0) is 4.79 Å². The van der Waals surface area contributed by atoms with Crippen LogP contribution in [0.25, 0.3) is 10.1 Å². The van der Waals surface area contributed by atoms with Gasteiger partial charge in [-0.2, -0.15) is 0 Å². The maximum atomic E-state index is 13.4. The number of hydrogen-bond donors (Lipinski definition) is 1. The Bertz CT molecular complexity index is 1080. The third-order valence-electron chi connectivity index (χ3n) is 5.50. The fourth-order valence-electron chi connectivity index (χ4n) is 3.01. The van der Waals surface area contributed by atoms with Crippen molar-refractivity contribution in [2.24, 2.45) is 11.7 Å². The summed E-state index contributed by atoms with van der Waals surface area (Å²) in [6.07, 6.45) is 0. The van der Waals surface area contributed by atoms with E-state index in [0.717, 1.165) is 15.0 Å². The van der Waals surface area contributed by atoms with Crippen LogP contribution in [0.5, 0.6) is 5.75 Å². The largest absolute Gasteiger partial charge is 0.497 e. The van der Waals surface area contributed by atoms with Crippen molar-refractivity contribution < 1.29 is 19.1 Å². The van der Waals surface area contributed by atoms with Crippen LogP contribution in [0.3, 0.4) is 0 Å². The van der Waals surface area contributed by atoms with E-state index in [1.165, 1.54) is 18.4 Å². The minimum Gasteiger partial charge on any atom is -0.497 e. The fraction of sp³-hybridized carbons (Fsp3) is 0.292. The van der Waals surface area contributed by atoms with Gasteiger partial charge in [-0.15, -0.1) is 11.3 Å². The minimum atomic E-state index is -1.30. The van der Waals surface area contributed by atoms with Crippen molar-refractivity contribution in [3.05, 3.63) is 65.0 Å². The molecule has 0 aliphatic carbocycles. The first-order chi connectivity index (χ1) is 14.6. The Morgan fingerprint density at radius 1 is 1.10 bits per heavy atom. The summed E-state index contributed by atoms with van der Waals surface area (Å²) in [6.45, 7) is 4.82. The Balaban J connectivity index is 1.96. The van der Waals surface area contributed by atoms with Gasteiger partial charge in [-0.25, -0.2) is 0 Å². The molecule has 0 aliphatic heterocycles. The second-order valence-electron chi connectivity index (χ2n) is 7.93. The summed E-state index contributed by atoms with van der Waals surface area (Å²) in [7, 11) is 1.54. The average Bonchev–Trinajstić information content (AvgIpc) is 3.20. The zero-order valence-electron chi connectivity index (χ0n) is 18.0. The molecule has 2 aromatic carbocycles. The van der Waals surface area contributed by atoms with Gasteiger partial charge < -0.3 is 10.5 Å². The van der Waals surface area contributed by atoms with Gasteiger partial charge in [-0.1, -0.05) is 32.0 Å². The smallest absolute Gasteiger partial charge is 0.271 e. The van der Waals surface area contributed by atoms with Gasteiger partial charge >= 0.3 is 0 Å². The highest BCUT2D eigenvalue weighted by Crippen LogP contribution is 2.28. The van der Waals surface area contributed by atoms with Crippen LogP contribution in [-0.4, -0.2) is 41.7 Å². The van der Waals surface area contributed by atoms with E-state index in [4.69, 9.17) is 10.5 Å². The molecule has 7 heteroatoms. The molecule has 0 radical (unpaired) electrons. The van der Waals surface area contributed by atoms with Crippen LogP contribution < -0.4 is 10.5 Å². The van der Waals surface area contributed by atoms with Gasteiger partial charge in [0.1, 0.15) is 5.75 Å². The highest BCUT2D eigenvalue weighted by atomic mass is 32.1. The van der Waals surface area contributed by atoms with Crippen LogP contribution >= 0.6 is 11.3 Å². The molecule has 1 heterocycles. The van der Waals surface area contributed by atoms with E-state index in [0.29, 0.717) is 16.2 Å². The molecular weight excluding hydrogens is 412 g/mol. The lowest BCUT2D eigenvalue weighted by Crippen LogP contribution is -2.58. The first-order valence-corrected chi connectivity index (χ1v) is 10.8. The summed E-state index contributed by atoms with van der Waals surface area (Å²) in [5, 5.41) is 0.907. The SMILES string of the molecule is COc1ccc(C(=O)CN(C(=O)c2cc3ccccc3s2)C(=O)C(C)(N)C(C)C)cc1. The summed E-state index contributed by atoms with van der Waals surface area (Å²) < 4.78 is 6.05. The highest BCUT2D eigenvalue weighted by molar-refractivity contribution is 7.20. The molecule has 2 N–H and O–H groups in total. The van der Waals surface area contributed by atoms with Crippen molar-refractivity contribution >= 4 is 39.0 Å². The van der Waals surface area contributed by atoms with Crippen molar-refractivity contribution in [2.45, 2.75) is 26.3 Å². The second kappa shape index (κ2) is 8.99. The topological polar surface area (TPSA) is 89.7 Å². The summed E-state index contributed by atoms with van der Waals surface area (Å²) in [4.78, 5) is 41.0. The van der Waals surface area contributed by atoms with Crippen LogP contribution in [0.15, 0.2) is 54.6 Å². The van der Waals surface area contributed by atoms with Crippen LogP contribution in [0.4, 0.5) is 0 Å². The number of methoxy groups -OCH3 is 1. The molecule has 1 unspecified atom stereocenters. The van der Waals surface area contributed by atoms with Gasteiger partial charge in [-0.05, 0) is 54.6 Å². The Morgan fingerprint density at radius 3 is 2.32 bits per heavy atom. The second-order valence-corrected chi connectivity index (χ2v) is 9.02. The van der Waals surface area contributed by atoms with E-state index in [1.54, 1.807) is 37.3 Å². The number of carbonyl (C=O) groups is 3. The number of imide groups is 1. The van der Waals surface area contributed by atoms with Crippen LogP contribution in [0, 0.1) is 5.92 Å². The molecule has 0 saturated heterocycles. The fourth-order valence-corrected chi connectivity index (χ4v) is 4.02. The summed E-state index contributed by atoms with van der Waals surface area (Å²) >= 11 is 1.29. The number of rotatable bonds is 7. The molecule has 1 atom stereocenters. The van der Waals surface area contributed by atoms with E-state index >= 15 is 0 Å². The molecule has 3 aromatic rings. The van der Waals surface area contributed by atoms with Crippen molar-refractivity contribution in [2.75, 3.05) is 13.7 Å². The number of hydrogen-bond acceptors (Lipinski definition) is 6. The number of thiophene rings is 1. The molecule has 6 nitrogen and oxygen atoms in total. The first-order valence-electron chi connectivity index (χ1n) is 9.96. The van der Waals surface area contributed by atoms with Gasteiger partial charge in [-0.3, -0.25) is 19.3 Å². The minimum absolute atomic E-state index is 0.228. The highest BCUT2D eigenvalue weighted by Gasteiger charge is 2.39. The number of amides is 2. The first kappa shape index (κ1) is 22.7. The predicted molar refractivity (Wildman–Crippen MR) is 123 cm³/mol. The summed E-state index contributed by atoms with van der Waals surface area (Å²) in [6, 6.07) is 15.9. The van der Waals surface area contributed by atoms with Gasteiger partial charge in [0.05, 0.1) is 24.1 Å². The molecule has 0 bridgehead atoms. The van der Waals surface area contributed by atoms with Crippen LogP contribution in [0.2, 0.25) is 0 Å². The van der Waals surface area contributed by atoms with Crippen molar-refractivity contribution in [1.29, 1.82) is 0 Å². The number of benzene rings is 2. The molecule has 0 fully saturated rings. The molecule has 0 spiro atoms. The quantitative estimate of drug-likeness (QED) is 0.560. The van der Waals surface area contributed by atoms with E-state index in [1.807, 2.05) is 38.1 Å². The third kappa shape index (κ3) is 4.68. The van der Waals surface area contributed by atoms with Gasteiger partial charge in [0.15, 0.2) is 5.78 Å². The third-order valence-corrected chi connectivity index (χ3v) is 6.60. The van der Waals surface area contributed by atoms with E-state index in [9.17, 15) is 14.4 Å². The number of Topliss-reactive ketones (excluding diaryl/α,β-unsaturated/α-hetero) is 1. The monoisotopic (exact) mass is 438 g/mol. The summed E-state index contributed by atoms with van der Waals surface area (Å²) in [5.74, 6) is -1.07. The maximum absolute atomic E-state index is 13.4. The number of ether oxygens (including phenoxy) is 1. The lowest BCUT2D eigenvalue weighted by molar-refractivity contribution is -0.134. The van der Waals surface area contributed by atoms with E-state index in [2.05, 4.69) is 0 Å². The van der Waals surface area contributed by atoms with E-state index in [-0.39, 0.29) is 11.7 Å². The maximum Gasteiger partial charge on any atom is 0.271 e. The van der Waals surface area contributed by atoms with Gasteiger partial charge in [0.25, 0.3) is 5.91 Å². The normalized spacial score (nSPS) is 13.1. The molecule has 31 heavy (non-hydrogen) atoms. The lowest BCUT2D eigenvalue weighted by Gasteiger charge is -2.32. The Morgan fingerprint density at radius 2 is 1.74 bits per heavy atom. The molecule has 2 amide bonds. The van der Waals surface area contributed by atoms with Gasteiger partial charge in [0, 0.05) is 10.3 Å². The van der Waals surface area contributed by atoms with Gasteiger partial charge in [0.2, 0.25) is 5.91 Å². The molecule has 0 saturated carbocycles. The predicted octanol–water partition coefficient (Wildman–Crippen LogP) is 4.14. The summed E-state index contributed by atoms with van der Waals surface area (Å²) in [5.41, 5.74) is 5.36. The molecule has 1 aromatic heterocycles. The Labute approximate surface area is 185 Å².